The maximum atomic E-state index is 5.12. The van der Waals surface area contributed by atoms with Gasteiger partial charge >= 0.3 is 0 Å². The third kappa shape index (κ3) is 16.2. The molecule has 0 heterocycles. The first-order valence-electron chi connectivity index (χ1n) is 9.04. The molecular weight excluding hydrogens is 278 g/mol. The predicted molar refractivity (Wildman–Crippen MR) is 93.6 cm³/mol. The minimum absolute atomic E-state index is 0.897. The van der Waals surface area contributed by atoms with E-state index in [1.807, 2.05) is 0 Å². The number of ether oxygens (including phenoxy) is 3. The average Bonchev–Trinajstić information content (AvgIpc) is 2.53. The van der Waals surface area contributed by atoms with Gasteiger partial charge in [-0.25, -0.2) is 0 Å². The maximum absolute atomic E-state index is 5.12. The van der Waals surface area contributed by atoms with Crippen molar-refractivity contribution in [3.05, 3.63) is 0 Å². The fraction of sp³-hybridized carbons (Fsp3) is 1.00. The fourth-order valence-electron chi connectivity index (χ4n) is 2.61. The van der Waals surface area contributed by atoms with Crippen LogP contribution in [0.25, 0.3) is 0 Å². The van der Waals surface area contributed by atoms with E-state index in [-0.39, 0.29) is 0 Å². The summed E-state index contributed by atoms with van der Waals surface area (Å²) in [5.41, 5.74) is 0. The molecule has 4 heteroatoms. The maximum Gasteiger partial charge on any atom is 0.0462 e. The first kappa shape index (κ1) is 21.8. The van der Waals surface area contributed by atoms with Crippen molar-refractivity contribution in [2.75, 3.05) is 60.8 Å². The molecule has 0 unspecified atom stereocenters. The highest BCUT2D eigenvalue weighted by Gasteiger charge is 2.04. The summed E-state index contributed by atoms with van der Waals surface area (Å²) in [5.74, 6) is 0. The second-order valence-corrected chi connectivity index (χ2v) is 6.00. The van der Waals surface area contributed by atoms with Gasteiger partial charge in [0.05, 0.1) is 0 Å². The van der Waals surface area contributed by atoms with Gasteiger partial charge in [-0.05, 0) is 77.4 Å². The molecule has 0 amide bonds. The molecule has 0 bridgehead atoms. The summed E-state index contributed by atoms with van der Waals surface area (Å²) in [7, 11) is 5.35. The van der Waals surface area contributed by atoms with Gasteiger partial charge in [-0.3, -0.25) is 0 Å². The Morgan fingerprint density at radius 1 is 0.455 bits per heavy atom. The van der Waals surface area contributed by atoms with E-state index in [4.69, 9.17) is 14.2 Å². The van der Waals surface area contributed by atoms with Crippen LogP contribution in [0, 0.1) is 0 Å². The van der Waals surface area contributed by atoms with Crippen molar-refractivity contribution in [1.29, 1.82) is 0 Å². The summed E-state index contributed by atoms with van der Waals surface area (Å²) in [6, 6.07) is 0. The number of unbranched alkanes of at least 4 members (excludes halogenated alkanes) is 6. The van der Waals surface area contributed by atoms with Crippen LogP contribution in [-0.4, -0.2) is 65.7 Å². The lowest BCUT2D eigenvalue weighted by Crippen LogP contribution is -2.27. The van der Waals surface area contributed by atoms with Crippen LogP contribution in [0.4, 0.5) is 0 Å². The van der Waals surface area contributed by atoms with Crippen molar-refractivity contribution in [3.8, 4) is 0 Å². The first-order valence-corrected chi connectivity index (χ1v) is 9.04. The molecule has 134 valence electrons. The van der Waals surface area contributed by atoms with Gasteiger partial charge in [-0.15, -0.1) is 0 Å². The second kappa shape index (κ2) is 18.9. The highest BCUT2D eigenvalue weighted by molar-refractivity contribution is 4.60. The van der Waals surface area contributed by atoms with Crippen molar-refractivity contribution in [2.45, 2.75) is 57.8 Å². The summed E-state index contributed by atoms with van der Waals surface area (Å²) in [6.07, 6.45) is 11.3. The Bertz CT molecular complexity index is 169. The van der Waals surface area contributed by atoms with Gasteiger partial charge in [0.2, 0.25) is 0 Å². The molecule has 0 spiro atoms. The Kier molecular flexibility index (Phi) is 18.8. The molecule has 0 aliphatic heterocycles. The SMILES string of the molecule is COCCCCCN(CCCCCOC)CCCCCOC. The van der Waals surface area contributed by atoms with Crippen LogP contribution >= 0.6 is 0 Å². The van der Waals surface area contributed by atoms with Crippen LogP contribution in [0.1, 0.15) is 57.8 Å². The molecule has 0 fully saturated rings. The lowest BCUT2D eigenvalue weighted by Gasteiger charge is -2.22. The van der Waals surface area contributed by atoms with E-state index >= 15 is 0 Å². The Labute approximate surface area is 138 Å². The van der Waals surface area contributed by atoms with Gasteiger partial charge in [-0.2, -0.15) is 0 Å². The summed E-state index contributed by atoms with van der Waals surface area (Å²) in [4.78, 5) is 2.65. The lowest BCUT2D eigenvalue weighted by atomic mass is 10.2. The molecule has 0 saturated heterocycles. The van der Waals surface area contributed by atoms with Gasteiger partial charge in [0, 0.05) is 41.2 Å². The number of hydrogen-bond acceptors (Lipinski definition) is 4. The van der Waals surface area contributed by atoms with E-state index in [1.165, 1.54) is 77.4 Å². The molecule has 0 radical (unpaired) electrons. The zero-order chi connectivity index (χ0) is 16.3. The third-order valence-corrected chi connectivity index (χ3v) is 3.97. The van der Waals surface area contributed by atoms with E-state index in [2.05, 4.69) is 4.90 Å². The van der Waals surface area contributed by atoms with Crippen molar-refractivity contribution in [1.82, 2.24) is 4.90 Å². The van der Waals surface area contributed by atoms with Crippen LogP contribution in [0.2, 0.25) is 0 Å². The fourth-order valence-corrected chi connectivity index (χ4v) is 2.61. The Morgan fingerprint density at radius 2 is 0.773 bits per heavy atom. The van der Waals surface area contributed by atoms with Gasteiger partial charge in [0.1, 0.15) is 0 Å². The normalized spacial score (nSPS) is 11.5. The molecular formula is C18H39NO3. The van der Waals surface area contributed by atoms with Crippen LogP contribution in [0.3, 0.4) is 0 Å². The molecule has 4 nitrogen and oxygen atoms in total. The average molecular weight is 318 g/mol. The molecule has 0 rings (SSSR count). The second-order valence-electron chi connectivity index (χ2n) is 6.00. The Balaban J connectivity index is 3.72. The lowest BCUT2D eigenvalue weighted by molar-refractivity contribution is 0.181. The molecule has 0 aliphatic carbocycles. The predicted octanol–water partition coefficient (Wildman–Crippen LogP) is 3.74. The van der Waals surface area contributed by atoms with Crippen LogP contribution in [-0.2, 0) is 14.2 Å². The summed E-state index contributed by atoms with van der Waals surface area (Å²) in [6.45, 7) is 6.39. The number of nitrogens with zero attached hydrogens (tertiary/aromatic N) is 1. The van der Waals surface area contributed by atoms with Crippen molar-refractivity contribution >= 4 is 0 Å². The van der Waals surface area contributed by atoms with E-state index in [0.717, 1.165) is 19.8 Å². The van der Waals surface area contributed by atoms with Gasteiger partial charge in [0.15, 0.2) is 0 Å². The highest BCUT2D eigenvalue weighted by Crippen LogP contribution is 2.06. The molecule has 0 aliphatic rings. The van der Waals surface area contributed by atoms with Crippen LogP contribution in [0.5, 0.6) is 0 Å². The molecule has 0 aromatic heterocycles. The third-order valence-electron chi connectivity index (χ3n) is 3.97. The summed E-state index contributed by atoms with van der Waals surface area (Å²) >= 11 is 0. The zero-order valence-electron chi connectivity index (χ0n) is 15.3. The Morgan fingerprint density at radius 3 is 1.05 bits per heavy atom. The molecule has 0 atom stereocenters. The van der Waals surface area contributed by atoms with E-state index in [1.54, 1.807) is 21.3 Å². The molecule has 0 aromatic carbocycles. The van der Waals surface area contributed by atoms with Gasteiger partial charge in [0.25, 0.3) is 0 Å². The van der Waals surface area contributed by atoms with Gasteiger partial charge in [-0.1, -0.05) is 0 Å². The largest absolute Gasteiger partial charge is 0.385 e. The minimum atomic E-state index is 0.897. The summed E-state index contributed by atoms with van der Waals surface area (Å²) in [5, 5.41) is 0. The molecule has 0 saturated carbocycles. The van der Waals surface area contributed by atoms with E-state index in [0.29, 0.717) is 0 Å². The van der Waals surface area contributed by atoms with Crippen molar-refractivity contribution < 1.29 is 14.2 Å². The first-order chi connectivity index (χ1) is 10.8. The molecule has 0 aromatic rings. The molecule has 0 N–H and O–H groups in total. The Hall–Kier alpha value is -0.160. The van der Waals surface area contributed by atoms with Gasteiger partial charge < -0.3 is 19.1 Å². The standard InChI is InChI=1S/C18H39NO3/c1-20-16-10-4-7-13-19(14-8-5-11-17-21-2)15-9-6-12-18-22-3/h4-18H2,1-3H3. The van der Waals surface area contributed by atoms with Crippen molar-refractivity contribution in [3.63, 3.8) is 0 Å². The van der Waals surface area contributed by atoms with E-state index in [9.17, 15) is 0 Å². The monoisotopic (exact) mass is 317 g/mol. The smallest absolute Gasteiger partial charge is 0.0462 e. The summed E-state index contributed by atoms with van der Waals surface area (Å²) < 4.78 is 15.3. The van der Waals surface area contributed by atoms with Crippen molar-refractivity contribution in [2.24, 2.45) is 0 Å². The topological polar surface area (TPSA) is 30.9 Å². The molecule has 22 heavy (non-hydrogen) atoms. The van der Waals surface area contributed by atoms with Crippen LogP contribution in [0.15, 0.2) is 0 Å². The van der Waals surface area contributed by atoms with E-state index < -0.39 is 0 Å². The number of methoxy groups -OCH3 is 3. The zero-order valence-corrected chi connectivity index (χ0v) is 15.3. The quantitative estimate of drug-likeness (QED) is 0.360. The number of rotatable bonds is 18. The minimum Gasteiger partial charge on any atom is -0.385 e. The number of hydrogen-bond donors (Lipinski definition) is 0. The highest BCUT2D eigenvalue weighted by atomic mass is 16.5. The van der Waals surface area contributed by atoms with Crippen LogP contribution < -0.4 is 0 Å².